The summed E-state index contributed by atoms with van der Waals surface area (Å²) in [5, 5.41) is 12.2. The maximum atomic E-state index is 14.4. The fraction of sp³-hybridized carbons (Fsp3) is 0.125. The zero-order valence-electron chi connectivity index (χ0n) is 12.1. The number of thioether (sulfide) groups is 1. The zero-order chi connectivity index (χ0) is 15.3. The largest absolute Gasteiger partial charge is 0.278 e. The molecule has 0 saturated heterocycles. The number of aryl methyl sites for hydroxylation is 1. The van der Waals surface area contributed by atoms with Crippen LogP contribution in [0.3, 0.4) is 0 Å². The van der Waals surface area contributed by atoms with Crippen molar-refractivity contribution in [1.82, 2.24) is 19.8 Å². The van der Waals surface area contributed by atoms with Crippen molar-refractivity contribution in [2.24, 2.45) is 0 Å². The van der Waals surface area contributed by atoms with Crippen LogP contribution in [0.1, 0.15) is 5.69 Å². The van der Waals surface area contributed by atoms with Crippen molar-refractivity contribution in [2.75, 3.05) is 6.26 Å². The monoisotopic (exact) mass is 312 g/mol. The van der Waals surface area contributed by atoms with E-state index >= 15 is 0 Å². The third-order valence-corrected chi connectivity index (χ3v) is 4.54. The zero-order valence-corrected chi connectivity index (χ0v) is 12.9. The van der Waals surface area contributed by atoms with Crippen molar-refractivity contribution < 1.29 is 4.39 Å². The Hall–Kier alpha value is -2.34. The molecule has 0 atom stereocenters. The van der Waals surface area contributed by atoms with E-state index in [0.717, 1.165) is 27.7 Å². The van der Waals surface area contributed by atoms with Gasteiger partial charge in [0.25, 0.3) is 0 Å². The standard InChI is InChI=1S/C16H13FN4S/c1-9-5-11-6-10(3-4-21(11)20-9)15-12-8-18-19-14(12)7-13(17)16(15)22-2/h3-8H,1-2H3,(H,18,19). The second-order valence-corrected chi connectivity index (χ2v) is 5.98. The molecule has 4 nitrogen and oxygen atoms in total. The highest BCUT2D eigenvalue weighted by Crippen LogP contribution is 2.38. The molecule has 0 aliphatic heterocycles. The van der Waals surface area contributed by atoms with E-state index in [9.17, 15) is 4.39 Å². The van der Waals surface area contributed by atoms with Crippen LogP contribution in [0.4, 0.5) is 4.39 Å². The molecule has 0 aliphatic rings. The molecule has 0 saturated carbocycles. The van der Waals surface area contributed by atoms with Gasteiger partial charge in [0, 0.05) is 23.2 Å². The van der Waals surface area contributed by atoms with Gasteiger partial charge in [-0.05, 0) is 36.9 Å². The van der Waals surface area contributed by atoms with Gasteiger partial charge >= 0.3 is 0 Å². The Kier molecular flexibility index (Phi) is 2.94. The summed E-state index contributed by atoms with van der Waals surface area (Å²) < 4.78 is 16.2. The van der Waals surface area contributed by atoms with Gasteiger partial charge in [0.15, 0.2) is 0 Å². The molecule has 4 rings (SSSR count). The molecule has 0 fully saturated rings. The normalized spacial score (nSPS) is 11.6. The van der Waals surface area contributed by atoms with E-state index < -0.39 is 0 Å². The van der Waals surface area contributed by atoms with Crippen LogP contribution in [-0.4, -0.2) is 26.1 Å². The molecule has 0 amide bonds. The molecule has 0 bridgehead atoms. The van der Waals surface area contributed by atoms with Crippen molar-refractivity contribution in [2.45, 2.75) is 11.8 Å². The topological polar surface area (TPSA) is 46.0 Å². The van der Waals surface area contributed by atoms with Crippen molar-refractivity contribution >= 4 is 28.2 Å². The highest BCUT2D eigenvalue weighted by atomic mass is 32.2. The van der Waals surface area contributed by atoms with Gasteiger partial charge in [0.2, 0.25) is 0 Å². The molecule has 22 heavy (non-hydrogen) atoms. The Labute approximate surface area is 130 Å². The first-order chi connectivity index (χ1) is 10.7. The van der Waals surface area contributed by atoms with Crippen LogP contribution in [0.2, 0.25) is 0 Å². The van der Waals surface area contributed by atoms with E-state index in [1.807, 2.05) is 42.1 Å². The predicted molar refractivity (Wildman–Crippen MR) is 86.8 cm³/mol. The molecule has 3 aromatic heterocycles. The molecular formula is C16H13FN4S. The van der Waals surface area contributed by atoms with Crippen molar-refractivity contribution in [3.63, 3.8) is 0 Å². The van der Waals surface area contributed by atoms with Crippen LogP contribution < -0.4 is 0 Å². The Bertz CT molecular complexity index is 1000. The minimum atomic E-state index is -0.233. The fourth-order valence-electron chi connectivity index (χ4n) is 2.80. The summed E-state index contributed by atoms with van der Waals surface area (Å²) in [4.78, 5) is 0.634. The number of nitrogens with zero attached hydrogens (tertiary/aromatic N) is 3. The third kappa shape index (κ3) is 1.91. The number of halogens is 1. The highest BCUT2D eigenvalue weighted by Gasteiger charge is 2.16. The van der Waals surface area contributed by atoms with Crippen LogP contribution in [0.5, 0.6) is 0 Å². The number of benzene rings is 1. The van der Waals surface area contributed by atoms with Crippen LogP contribution in [0.15, 0.2) is 41.6 Å². The Balaban J connectivity index is 2.07. The molecule has 0 radical (unpaired) electrons. The van der Waals surface area contributed by atoms with E-state index in [1.165, 1.54) is 17.8 Å². The summed E-state index contributed by atoms with van der Waals surface area (Å²) in [5.74, 6) is -0.233. The lowest BCUT2D eigenvalue weighted by molar-refractivity contribution is 0.605. The fourth-order valence-corrected chi connectivity index (χ4v) is 3.49. The summed E-state index contributed by atoms with van der Waals surface area (Å²) >= 11 is 1.41. The molecule has 6 heteroatoms. The van der Waals surface area contributed by atoms with E-state index in [1.54, 1.807) is 6.20 Å². The summed E-state index contributed by atoms with van der Waals surface area (Å²) in [6.45, 7) is 1.95. The molecule has 1 aromatic carbocycles. The molecule has 110 valence electrons. The van der Waals surface area contributed by atoms with E-state index in [-0.39, 0.29) is 5.82 Å². The number of aromatic nitrogens is 4. The first-order valence-electron chi connectivity index (χ1n) is 6.83. The van der Waals surface area contributed by atoms with Crippen molar-refractivity contribution in [1.29, 1.82) is 0 Å². The number of aromatic amines is 1. The van der Waals surface area contributed by atoms with Gasteiger partial charge in [0.05, 0.1) is 27.8 Å². The molecule has 4 aromatic rings. The number of pyridine rings is 1. The molecule has 0 unspecified atom stereocenters. The minimum absolute atomic E-state index is 0.233. The minimum Gasteiger partial charge on any atom is -0.278 e. The lowest BCUT2D eigenvalue weighted by Crippen LogP contribution is -1.92. The lowest BCUT2D eigenvalue weighted by Gasteiger charge is -2.11. The summed E-state index contributed by atoms with van der Waals surface area (Å²) in [5.41, 5.74) is 4.48. The summed E-state index contributed by atoms with van der Waals surface area (Å²) in [6.07, 6.45) is 5.53. The first-order valence-corrected chi connectivity index (χ1v) is 8.06. The van der Waals surface area contributed by atoms with Crippen molar-refractivity contribution in [3.05, 3.63) is 48.2 Å². The first kappa shape index (κ1) is 13.3. The molecule has 1 N–H and O–H groups in total. The van der Waals surface area contributed by atoms with E-state index in [0.29, 0.717) is 10.4 Å². The number of fused-ring (bicyclic) bond motifs is 2. The number of hydrogen-bond donors (Lipinski definition) is 1. The maximum Gasteiger partial charge on any atom is 0.139 e. The average molecular weight is 312 g/mol. The molecular weight excluding hydrogens is 299 g/mol. The Morgan fingerprint density at radius 3 is 2.95 bits per heavy atom. The number of H-pyrrole nitrogens is 1. The highest BCUT2D eigenvalue weighted by molar-refractivity contribution is 7.98. The molecule has 3 heterocycles. The van der Waals surface area contributed by atoms with Gasteiger partial charge in [-0.25, -0.2) is 8.91 Å². The SMILES string of the molecule is CSc1c(F)cc2[nH]ncc2c1-c1ccn2nc(C)cc2c1. The Morgan fingerprint density at radius 1 is 1.27 bits per heavy atom. The lowest BCUT2D eigenvalue weighted by atomic mass is 10.0. The number of nitrogens with one attached hydrogen (secondary N) is 1. The maximum absolute atomic E-state index is 14.4. The van der Waals surface area contributed by atoms with E-state index in [2.05, 4.69) is 15.3 Å². The smallest absolute Gasteiger partial charge is 0.139 e. The van der Waals surface area contributed by atoms with Gasteiger partial charge in [-0.3, -0.25) is 5.10 Å². The quantitative estimate of drug-likeness (QED) is 0.568. The predicted octanol–water partition coefficient (Wildman–Crippen LogP) is 4.05. The van der Waals surface area contributed by atoms with Gasteiger partial charge < -0.3 is 0 Å². The van der Waals surface area contributed by atoms with Gasteiger partial charge in [-0.15, -0.1) is 11.8 Å². The number of hydrogen-bond acceptors (Lipinski definition) is 3. The second kappa shape index (κ2) is 4.84. The summed E-state index contributed by atoms with van der Waals surface area (Å²) in [6, 6.07) is 7.49. The third-order valence-electron chi connectivity index (χ3n) is 3.73. The van der Waals surface area contributed by atoms with Gasteiger partial charge in [0.1, 0.15) is 5.82 Å². The molecule has 0 aliphatic carbocycles. The summed E-state index contributed by atoms with van der Waals surface area (Å²) in [7, 11) is 0. The van der Waals surface area contributed by atoms with Crippen LogP contribution in [0.25, 0.3) is 27.5 Å². The number of rotatable bonds is 2. The average Bonchev–Trinajstić information content (AvgIpc) is 3.09. The van der Waals surface area contributed by atoms with Crippen LogP contribution in [0, 0.1) is 12.7 Å². The van der Waals surface area contributed by atoms with Gasteiger partial charge in [-0.2, -0.15) is 10.2 Å². The second-order valence-electron chi connectivity index (χ2n) is 5.17. The van der Waals surface area contributed by atoms with E-state index in [4.69, 9.17) is 0 Å². The van der Waals surface area contributed by atoms with Crippen molar-refractivity contribution in [3.8, 4) is 11.1 Å². The van der Waals surface area contributed by atoms with Gasteiger partial charge in [-0.1, -0.05) is 0 Å². The molecule has 0 spiro atoms. The Morgan fingerprint density at radius 2 is 2.14 bits per heavy atom. The van der Waals surface area contributed by atoms with Crippen LogP contribution in [-0.2, 0) is 0 Å². The van der Waals surface area contributed by atoms with Crippen LogP contribution >= 0.6 is 11.8 Å².